The fraction of sp³-hybridized carbons (Fsp3) is 0.611. The number of aliphatic hydroxyl groups is 1. The molecule has 5 nitrogen and oxygen atoms in total. The van der Waals surface area contributed by atoms with Crippen LogP contribution in [0.25, 0.3) is 0 Å². The molecule has 1 saturated carbocycles. The first-order chi connectivity index (χ1) is 11.2. The lowest BCUT2D eigenvalue weighted by molar-refractivity contribution is 0.0955. The quantitative estimate of drug-likeness (QED) is 0.802. The third-order valence-electron chi connectivity index (χ3n) is 4.89. The SMILES string of the molecule is O=C(Nc1ccccc1N1CCCCC1)NC1CCCCC1O. The smallest absolute Gasteiger partial charge is 0.319 e. The molecule has 0 aromatic heterocycles. The first-order valence-corrected chi connectivity index (χ1v) is 8.83. The molecule has 1 aliphatic heterocycles. The van der Waals surface area contributed by atoms with Crippen LogP contribution in [0.5, 0.6) is 0 Å². The van der Waals surface area contributed by atoms with Crippen molar-refractivity contribution in [2.24, 2.45) is 0 Å². The number of amides is 2. The molecule has 0 bridgehead atoms. The summed E-state index contributed by atoms with van der Waals surface area (Å²) in [5.41, 5.74) is 1.93. The highest BCUT2D eigenvalue weighted by Gasteiger charge is 2.25. The van der Waals surface area contributed by atoms with Gasteiger partial charge in [-0.05, 0) is 44.2 Å². The first-order valence-electron chi connectivity index (χ1n) is 8.83. The number of rotatable bonds is 3. The van der Waals surface area contributed by atoms with Gasteiger partial charge in [0.15, 0.2) is 0 Å². The van der Waals surface area contributed by atoms with E-state index in [1.807, 2.05) is 18.2 Å². The molecule has 1 saturated heterocycles. The van der Waals surface area contributed by atoms with Crippen LogP contribution in [0, 0.1) is 0 Å². The van der Waals surface area contributed by atoms with Crippen molar-refractivity contribution in [3.05, 3.63) is 24.3 Å². The number of hydrogen-bond donors (Lipinski definition) is 3. The van der Waals surface area contributed by atoms with Crippen molar-refractivity contribution in [2.75, 3.05) is 23.3 Å². The molecular weight excluding hydrogens is 290 g/mol. The van der Waals surface area contributed by atoms with Gasteiger partial charge in [0.05, 0.1) is 23.5 Å². The molecule has 2 atom stereocenters. The molecule has 2 amide bonds. The Morgan fingerprint density at radius 3 is 2.57 bits per heavy atom. The van der Waals surface area contributed by atoms with E-state index >= 15 is 0 Å². The lowest BCUT2D eigenvalue weighted by atomic mass is 9.93. The van der Waals surface area contributed by atoms with E-state index in [2.05, 4.69) is 21.6 Å². The molecule has 23 heavy (non-hydrogen) atoms. The molecule has 0 spiro atoms. The molecule has 3 rings (SSSR count). The summed E-state index contributed by atoms with van der Waals surface area (Å²) < 4.78 is 0. The number of benzene rings is 1. The summed E-state index contributed by atoms with van der Waals surface area (Å²) in [5, 5.41) is 15.9. The zero-order chi connectivity index (χ0) is 16.1. The highest BCUT2D eigenvalue weighted by Crippen LogP contribution is 2.28. The van der Waals surface area contributed by atoms with Crippen LogP contribution in [0.4, 0.5) is 16.2 Å². The van der Waals surface area contributed by atoms with Gasteiger partial charge < -0.3 is 20.6 Å². The number of hydrogen-bond acceptors (Lipinski definition) is 3. The Kier molecular flexibility index (Phi) is 5.39. The second kappa shape index (κ2) is 7.68. The van der Waals surface area contributed by atoms with Gasteiger partial charge in [0.1, 0.15) is 0 Å². The van der Waals surface area contributed by atoms with Gasteiger partial charge in [0, 0.05) is 13.1 Å². The van der Waals surface area contributed by atoms with E-state index in [0.29, 0.717) is 0 Å². The lowest BCUT2D eigenvalue weighted by Crippen LogP contribution is -2.46. The van der Waals surface area contributed by atoms with Gasteiger partial charge in [-0.2, -0.15) is 0 Å². The highest BCUT2D eigenvalue weighted by molar-refractivity contribution is 5.93. The van der Waals surface area contributed by atoms with E-state index in [9.17, 15) is 9.90 Å². The zero-order valence-corrected chi connectivity index (χ0v) is 13.6. The van der Waals surface area contributed by atoms with E-state index in [1.165, 1.54) is 19.3 Å². The molecule has 1 heterocycles. The molecule has 0 radical (unpaired) electrons. The Morgan fingerprint density at radius 1 is 1.04 bits per heavy atom. The molecule has 3 N–H and O–H groups in total. The molecule has 126 valence electrons. The molecule has 2 aliphatic rings. The van der Waals surface area contributed by atoms with Crippen molar-refractivity contribution in [1.29, 1.82) is 0 Å². The maximum absolute atomic E-state index is 12.3. The van der Waals surface area contributed by atoms with Crippen molar-refractivity contribution >= 4 is 17.4 Å². The van der Waals surface area contributed by atoms with Crippen LogP contribution in [0.1, 0.15) is 44.9 Å². The predicted octanol–water partition coefficient (Wildman–Crippen LogP) is 3.10. The average Bonchev–Trinajstić information content (AvgIpc) is 2.58. The van der Waals surface area contributed by atoms with E-state index < -0.39 is 6.10 Å². The van der Waals surface area contributed by atoms with Gasteiger partial charge in [-0.3, -0.25) is 0 Å². The number of aliphatic hydroxyl groups excluding tert-OH is 1. The number of urea groups is 1. The summed E-state index contributed by atoms with van der Waals surface area (Å²) in [7, 11) is 0. The summed E-state index contributed by atoms with van der Waals surface area (Å²) in [6.07, 6.45) is 6.99. The Labute approximate surface area is 138 Å². The van der Waals surface area contributed by atoms with Crippen LogP contribution in [0.2, 0.25) is 0 Å². The van der Waals surface area contributed by atoms with Crippen LogP contribution in [0.3, 0.4) is 0 Å². The van der Waals surface area contributed by atoms with Crippen molar-refractivity contribution in [3.8, 4) is 0 Å². The monoisotopic (exact) mass is 317 g/mol. The van der Waals surface area contributed by atoms with Gasteiger partial charge in [-0.25, -0.2) is 4.79 Å². The minimum Gasteiger partial charge on any atom is -0.391 e. The highest BCUT2D eigenvalue weighted by atomic mass is 16.3. The molecular formula is C18H27N3O2. The van der Waals surface area contributed by atoms with Gasteiger partial charge >= 0.3 is 6.03 Å². The minimum absolute atomic E-state index is 0.133. The number of carbonyl (C=O) groups excluding carboxylic acids is 1. The molecule has 1 aromatic carbocycles. The van der Waals surface area contributed by atoms with Crippen LogP contribution in [-0.2, 0) is 0 Å². The lowest BCUT2D eigenvalue weighted by Gasteiger charge is -2.31. The molecule has 1 aliphatic carbocycles. The van der Waals surface area contributed by atoms with Crippen LogP contribution in [0.15, 0.2) is 24.3 Å². The number of piperidine rings is 1. The summed E-state index contributed by atoms with van der Waals surface area (Å²) in [5.74, 6) is 0. The van der Waals surface area contributed by atoms with Gasteiger partial charge in [0.25, 0.3) is 0 Å². The normalized spacial score (nSPS) is 25.0. The Balaban J connectivity index is 1.63. The Morgan fingerprint density at radius 2 is 1.78 bits per heavy atom. The molecule has 1 aromatic rings. The Hall–Kier alpha value is -1.75. The maximum Gasteiger partial charge on any atom is 0.319 e. The van der Waals surface area contributed by atoms with Gasteiger partial charge in [-0.1, -0.05) is 25.0 Å². The number of nitrogens with one attached hydrogen (secondary N) is 2. The summed E-state index contributed by atoms with van der Waals surface area (Å²) in [6, 6.07) is 7.61. The third kappa shape index (κ3) is 4.16. The maximum atomic E-state index is 12.3. The topological polar surface area (TPSA) is 64.6 Å². The molecule has 5 heteroatoms. The number of anilines is 2. The van der Waals surface area contributed by atoms with E-state index in [-0.39, 0.29) is 12.1 Å². The second-order valence-electron chi connectivity index (χ2n) is 6.62. The second-order valence-corrected chi connectivity index (χ2v) is 6.62. The van der Waals surface area contributed by atoms with Crippen LogP contribution in [-0.4, -0.2) is 36.4 Å². The van der Waals surface area contributed by atoms with Crippen molar-refractivity contribution in [3.63, 3.8) is 0 Å². The largest absolute Gasteiger partial charge is 0.391 e. The van der Waals surface area contributed by atoms with Crippen molar-refractivity contribution in [1.82, 2.24) is 5.32 Å². The van der Waals surface area contributed by atoms with Gasteiger partial charge in [-0.15, -0.1) is 0 Å². The fourth-order valence-corrected chi connectivity index (χ4v) is 3.60. The third-order valence-corrected chi connectivity index (χ3v) is 4.89. The number of para-hydroxylation sites is 2. The van der Waals surface area contributed by atoms with E-state index in [4.69, 9.17) is 0 Å². The minimum atomic E-state index is -0.424. The number of carbonyl (C=O) groups is 1. The fourth-order valence-electron chi connectivity index (χ4n) is 3.60. The average molecular weight is 317 g/mol. The molecule has 2 fully saturated rings. The summed E-state index contributed by atoms with van der Waals surface area (Å²) in [4.78, 5) is 14.7. The van der Waals surface area contributed by atoms with Crippen molar-refractivity contribution in [2.45, 2.75) is 57.1 Å². The summed E-state index contributed by atoms with van der Waals surface area (Å²) in [6.45, 7) is 2.09. The number of nitrogens with zero attached hydrogens (tertiary/aromatic N) is 1. The van der Waals surface area contributed by atoms with Gasteiger partial charge in [0.2, 0.25) is 0 Å². The van der Waals surface area contributed by atoms with E-state index in [0.717, 1.165) is 50.1 Å². The van der Waals surface area contributed by atoms with Crippen LogP contribution >= 0.6 is 0 Å². The Bertz CT molecular complexity index is 529. The molecule has 2 unspecified atom stereocenters. The summed E-state index contributed by atoms with van der Waals surface area (Å²) >= 11 is 0. The first kappa shape index (κ1) is 16.1. The zero-order valence-electron chi connectivity index (χ0n) is 13.6. The van der Waals surface area contributed by atoms with E-state index in [1.54, 1.807) is 0 Å². The van der Waals surface area contributed by atoms with Crippen molar-refractivity contribution < 1.29 is 9.90 Å². The van der Waals surface area contributed by atoms with Crippen LogP contribution < -0.4 is 15.5 Å². The predicted molar refractivity (Wildman–Crippen MR) is 92.9 cm³/mol. The standard InChI is InChI=1S/C18H27N3O2/c22-17-11-5-3-9-15(17)20-18(23)19-14-8-2-4-10-16(14)21-12-6-1-7-13-21/h2,4,8,10,15,17,22H,1,3,5-7,9,11-13H2,(H2,19,20,23).